The van der Waals surface area contributed by atoms with Gasteiger partial charge in [-0.15, -0.1) is 0 Å². The molecule has 1 heterocycles. The summed E-state index contributed by atoms with van der Waals surface area (Å²) in [5.74, 6) is -1.21. The van der Waals surface area contributed by atoms with Crippen molar-refractivity contribution in [1.29, 1.82) is 0 Å². The molecule has 0 amide bonds. The Morgan fingerprint density at radius 1 is 1.73 bits per heavy atom. The van der Waals surface area contributed by atoms with E-state index in [0.717, 1.165) is 10.0 Å². The molecule has 0 radical (unpaired) electrons. The van der Waals surface area contributed by atoms with Gasteiger partial charge in [-0.05, 0) is 33.8 Å². The number of carboxylic acids is 1. The largest absolute Gasteiger partial charge is 0.481 e. The van der Waals surface area contributed by atoms with E-state index in [1.807, 2.05) is 10.8 Å². The first-order valence-corrected chi connectivity index (χ1v) is 4.81. The van der Waals surface area contributed by atoms with Gasteiger partial charge >= 0.3 is 5.97 Å². The Hall–Kier alpha value is -0.350. The van der Waals surface area contributed by atoms with Crippen molar-refractivity contribution in [2.24, 2.45) is 0 Å². The zero-order valence-electron chi connectivity index (χ0n) is 5.87. The Kier molecular flexibility index (Phi) is 2.67. The van der Waals surface area contributed by atoms with E-state index in [-0.39, 0.29) is 0 Å². The van der Waals surface area contributed by atoms with Gasteiger partial charge in [-0.3, -0.25) is 4.79 Å². The van der Waals surface area contributed by atoms with Crippen LogP contribution in [0.3, 0.4) is 0 Å². The number of aliphatic carboxylic acids is 1. The maximum absolute atomic E-state index is 10.5. The average molecular weight is 235 g/mol. The third-order valence-corrected chi connectivity index (χ3v) is 3.23. The van der Waals surface area contributed by atoms with Crippen LogP contribution in [0.4, 0.5) is 0 Å². The summed E-state index contributed by atoms with van der Waals surface area (Å²) in [5, 5.41) is 12.4. The standard InChI is InChI=1S/C7H7BrO2S/c1-4(7(9)10)5-2-11-3-6(5)8/h2-4H,1H3,(H,9,10). The number of hydrogen-bond acceptors (Lipinski definition) is 2. The molecule has 1 atom stereocenters. The number of thiophene rings is 1. The van der Waals surface area contributed by atoms with E-state index in [1.54, 1.807) is 6.92 Å². The van der Waals surface area contributed by atoms with Gasteiger partial charge in [0.2, 0.25) is 0 Å². The molecule has 4 heteroatoms. The number of carbonyl (C=O) groups is 1. The van der Waals surface area contributed by atoms with Crippen molar-refractivity contribution in [3.05, 3.63) is 20.8 Å². The van der Waals surface area contributed by atoms with Crippen molar-refractivity contribution in [2.45, 2.75) is 12.8 Å². The van der Waals surface area contributed by atoms with Gasteiger partial charge in [0, 0.05) is 9.85 Å². The van der Waals surface area contributed by atoms with E-state index in [9.17, 15) is 4.79 Å². The van der Waals surface area contributed by atoms with E-state index in [4.69, 9.17) is 5.11 Å². The molecular weight excluding hydrogens is 228 g/mol. The van der Waals surface area contributed by atoms with Crippen LogP contribution in [-0.2, 0) is 4.79 Å². The Balaban J connectivity index is 2.92. The zero-order valence-corrected chi connectivity index (χ0v) is 8.28. The monoisotopic (exact) mass is 234 g/mol. The molecule has 0 saturated carbocycles. The summed E-state index contributed by atoms with van der Waals surface area (Å²) < 4.78 is 0.886. The van der Waals surface area contributed by atoms with E-state index in [0.29, 0.717) is 0 Å². The predicted octanol–water partition coefficient (Wildman–Crippen LogP) is 2.70. The van der Waals surface area contributed by atoms with Crippen molar-refractivity contribution in [2.75, 3.05) is 0 Å². The third-order valence-electron chi connectivity index (χ3n) is 1.48. The van der Waals surface area contributed by atoms with E-state index in [1.165, 1.54) is 11.3 Å². The summed E-state index contributed by atoms with van der Waals surface area (Å²) in [5.41, 5.74) is 0.850. The highest BCUT2D eigenvalue weighted by atomic mass is 79.9. The summed E-state index contributed by atoms with van der Waals surface area (Å²) in [4.78, 5) is 10.5. The van der Waals surface area contributed by atoms with Crippen LogP contribution >= 0.6 is 27.3 Å². The molecule has 0 spiro atoms. The topological polar surface area (TPSA) is 37.3 Å². The van der Waals surface area contributed by atoms with Crippen LogP contribution in [0.25, 0.3) is 0 Å². The molecule has 0 bridgehead atoms. The lowest BCUT2D eigenvalue weighted by atomic mass is 10.1. The summed E-state index contributed by atoms with van der Waals surface area (Å²) >= 11 is 4.78. The first-order chi connectivity index (χ1) is 5.13. The van der Waals surface area contributed by atoms with Crippen molar-refractivity contribution < 1.29 is 9.90 Å². The number of hydrogen-bond donors (Lipinski definition) is 1. The molecule has 1 unspecified atom stereocenters. The van der Waals surface area contributed by atoms with Crippen LogP contribution in [0.5, 0.6) is 0 Å². The Morgan fingerprint density at radius 2 is 2.36 bits per heavy atom. The van der Waals surface area contributed by atoms with Gasteiger partial charge in [-0.1, -0.05) is 0 Å². The SMILES string of the molecule is CC(C(=O)O)c1cscc1Br. The highest BCUT2D eigenvalue weighted by Gasteiger charge is 2.16. The van der Waals surface area contributed by atoms with Crippen LogP contribution in [0.2, 0.25) is 0 Å². The highest BCUT2D eigenvalue weighted by Crippen LogP contribution is 2.28. The summed E-state index contributed by atoms with van der Waals surface area (Å²) in [6.07, 6.45) is 0. The quantitative estimate of drug-likeness (QED) is 0.855. The Bertz CT molecular complexity index is 269. The van der Waals surface area contributed by atoms with Gasteiger partial charge in [0.1, 0.15) is 0 Å². The predicted molar refractivity (Wildman–Crippen MR) is 48.1 cm³/mol. The molecule has 1 aromatic rings. The lowest BCUT2D eigenvalue weighted by molar-refractivity contribution is -0.138. The van der Waals surface area contributed by atoms with Crippen LogP contribution in [0.1, 0.15) is 18.4 Å². The lowest BCUT2D eigenvalue weighted by Crippen LogP contribution is -2.06. The zero-order chi connectivity index (χ0) is 8.43. The molecule has 1 rings (SSSR count). The van der Waals surface area contributed by atoms with Gasteiger partial charge in [0.05, 0.1) is 5.92 Å². The van der Waals surface area contributed by atoms with Crippen molar-refractivity contribution >= 4 is 33.2 Å². The summed E-state index contributed by atoms with van der Waals surface area (Å²) in [7, 11) is 0. The third kappa shape index (κ3) is 1.81. The average Bonchev–Trinajstić information content (AvgIpc) is 2.33. The van der Waals surface area contributed by atoms with Crippen LogP contribution in [-0.4, -0.2) is 11.1 Å². The Morgan fingerprint density at radius 3 is 2.73 bits per heavy atom. The van der Waals surface area contributed by atoms with Crippen molar-refractivity contribution in [3.63, 3.8) is 0 Å². The van der Waals surface area contributed by atoms with Gasteiger partial charge in [-0.2, -0.15) is 11.3 Å². The minimum absolute atomic E-state index is 0.421. The second-order valence-electron chi connectivity index (χ2n) is 2.23. The fourth-order valence-corrected chi connectivity index (χ4v) is 2.47. The van der Waals surface area contributed by atoms with Crippen LogP contribution in [0.15, 0.2) is 15.2 Å². The molecule has 0 aromatic carbocycles. The smallest absolute Gasteiger partial charge is 0.310 e. The maximum Gasteiger partial charge on any atom is 0.310 e. The van der Waals surface area contributed by atoms with Gasteiger partial charge in [0.25, 0.3) is 0 Å². The first kappa shape index (κ1) is 8.74. The van der Waals surface area contributed by atoms with E-state index >= 15 is 0 Å². The van der Waals surface area contributed by atoms with Gasteiger partial charge < -0.3 is 5.11 Å². The van der Waals surface area contributed by atoms with Gasteiger partial charge in [0.15, 0.2) is 0 Å². The second-order valence-corrected chi connectivity index (χ2v) is 3.83. The molecule has 1 aromatic heterocycles. The lowest BCUT2D eigenvalue weighted by Gasteiger charge is -2.02. The fraction of sp³-hybridized carbons (Fsp3) is 0.286. The van der Waals surface area contributed by atoms with Gasteiger partial charge in [-0.25, -0.2) is 0 Å². The van der Waals surface area contributed by atoms with Crippen LogP contribution in [0, 0.1) is 0 Å². The van der Waals surface area contributed by atoms with Crippen molar-refractivity contribution in [3.8, 4) is 0 Å². The molecule has 0 aliphatic rings. The fourth-order valence-electron chi connectivity index (χ4n) is 0.733. The number of carboxylic acid groups (broad SMARTS) is 1. The second kappa shape index (κ2) is 3.36. The molecule has 11 heavy (non-hydrogen) atoms. The minimum Gasteiger partial charge on any atom is -0.481 e. The minimum atomic E-state index is -0.788. The molecule has 60 valence electrons. The van der Waals surface area contributed by atoms with E-state index < -0.39 is 11.9 Å². The summed E-state index contributed by atoms with van der Waals surface area (Å²) in [6, 6.07) is 0. The molecule has 1 N–H and O–H groups in total. The van der Waals surface area contributed by atoms with Crippen LogP contribution < -0.4 is 0 Å². The first-order valence-electron chi connectivity index (χ1n) is 3.07. The Labute approximate surface area is 77.0 Å². The molecular formula is C7H7BrO2S. The summed E-state index contributed by atoms with van der Waals surface area (Å²) in [6.45, 7) is 1.68. The highest BCUT2D eigenvalue weighted by molar-refractivity contribution is 9.10. The molecule has 2 nitrogen and oxygen atoms in total. The van der Waals surface area contributed by atoms with E-state index in [2.05, 4.69) is 15.9 Å². The van der Waals surface area contributed by atoms with Crippen molar-refractivity contribution in [1.82, 2.24) is 0 Å². The normalized spacial score (nSPS) is 12.9. The number of rotatable bonds is 2. The number of halogens is 1. The molecule has 0 saturated heterocycles. The molecule has 0 fully saturated rings. The molecule has 0 aliphatic heterocycles. The maximum atomic E-state index is 10.5. The molecule has 0 aliphatic carbocycles.